The summed E-state index contributed by atoms with van der Waals surface area (Å²) < 4.78 is 0. The maximum atomic E-state index is 12.0. The Morgan fingerprint density at radius 3 is 1.53 bits per heavy atom. The Morgan fingerprint density at radius 2 is 1.35 bits per heavy atom. The normalized spacial score (nSPS) is 17.6. The topological polar surface area (TPSA) is 17.1 Å². The molecular weight excluding hydrogens is 208 g/mol. The maximum Gasteiger partial charge on any atom is 0.133 e. The molecule has 1 nitrogen and oxygen atoms in total. The Morgan fingerprint density at radius 1 is 0.882 bits per heavy atom. The van der Waals surface area contributed by atoms with Crippen molar-refractivity contribution >= 4 is 5.78 Å². The quantitative estimate of drug-likeness (QED) is 0.624. The molecule has 0 saturated heterocycles. The van der Waals surface area contributed by atoms with Crippen LogP contribution in [0.5, 0.6) is 0 Å². The van der Waals surface area contributed by atoms with Crippen molar-refractivity contribution in [3.05, 3.63) is 0 Å². The predicted octanol–water partition coefficient (Wildman–Crippen LogP) is 4.80. The number of hydrogen-bond donors (Lipinski definition) is 0. The van der Waals surface area contributed by atoms with E-state index in [0.717, 1.165) is 0 Å². The molecule has 3 unspecified atom stereocenters. The summed E-state index contributed by atoms with van der Waals surface area (Å²) in [5, 5.41) is 0. The van der Waals surface area contributed by atoms with E-state index in [-0.39, 0.29) is 5.92 Å². The molecule has 0 bridgehead atoms. The van der Waals surface area contributed by atoms with E-state index in [1.165, 1.54) is 6.42 Å². The average molecular weight is 240 g/mol. The molecule has 0 saturated carbocycles. The number of carbonyl (C=O) groups is 1. The van der Waals surface area contributed by atoms with Crippen molar-refractivity contribution < 1.29 is 4.79 Å². The SMILES string of the molecule is CCC(C(C)C)C(C(C)C)C(C(C)=O)C(C)C. The van der Waals surface area contributed by atoms with Crippen LogP contribution >= 0.6 is 0 Å². The van der Waals surface area contributed by atoms with Crippen molar-refractivity contribution in [1.82, 2.24) is 0 Å². The summed E-state index contributed by atoms with van der Waals surface area (Å²) in [7, 11) is 0. The minimum atomic E-state index is 0.224. The lowest BCUT2D eigenvalue weighted by molar-refractivity contribution is -0.126. The van der Waals surface area contributed by atoms with Crippen LogP contribution in [0.15, 0.2) is 0 Å². The Balaban J connectivity index is 5.24. The van der Waals surface area contributed by atoms with E-state index in [4.69, 9.17) is 0 Å². The van der Waals surface area contributed by atoms with Crippen LogP contribution in [0.3, 0.4) is 0 Å². The number of rotatable bonds is 7. The molecule has 0 aromatic heterocycles. The van der Waals surface area contributed by atoms with Crippen molar-refractivity contribution in [3.8, 4) is 0 Å². The van der Waals surface area contributed by atoms with Crippen molar-refractivity contribution in [1.29, 1.82) is 0 Å². The van der Waals surface area contributed by atoms with Crippen LogP contribution in [0.4, 0.5) is 0 Å². The van der Waals surface area contributed by atoms with E-state index in [0.29, 0.717) is 35.4 Å². The Bertz CT molecular complexity index is 228. The molecule has 0 aromatic rings. The molecular formula is C16H32O. The number of ketones is 1. The van der Waals surface area contributed by atoms with Gasteiger partial charge in [0.2, 0.25) is 0 Å². The molecule has 102 valence electrons. The first kappa shape index (κ1) is 16.7. The molecule has 0 N–H and O–H groups in total. The van der Waals surface area contributed by atoms with Gasteiger partial charge in [-0.15, -0.1) is 0 Å². The second-order valence-corrected chi connectivity index (χ2v) is 6.52. The lowest BCUT2D eigenvalue weighted by Crippen LogP contribution is -2.37. The van der Waals surface area contributed by atoms with Crippen molar-refractivity contribution in [2.24, 2.45) is 35.5 Å². The Hall–Kier alpha value is -0.330. The molecule has 17 heavy (non-hydrogen) atoms. The largest absolute Gasteiger partial charge is 0.300 e. The highest BCUT2D eigenvalue weighted by Crippen LogP contribution is 2.39. The van der Waals surface area contributed by atoms with Gasteiger partial charge in [0.15, 0.2) is 0 Å². The zero-order valence-electron chi connectivity index (χ0n) is 13.1. The van der Waals surface area contributed by atoms with Gasteiger partial charge in [0.1, 0.15) is 5.78 Å². The Kier molecular flexibility index (Phi) is 7.04. The summed E-state index contributed by atoms with van der Waals surface area (Å²) in [5.74, 6) is 3.48. The summed E-state index contributed by atoms with van der Waals surface area (Å²) in [5.41, 5.74) is 0. The fraction of sp³-hybridized carbons (Fsp3) is 0.938. The fourth-order valence-corrected chi connectivity index (χ4v) is 3.55. The summed E-state index contributed by atoms with van der Waals surface area (Å²) >= 11 is 0. The summed E-state index contributed by atoms with van der Waals surface area (Å²) in [6.45, 7) is 17.5. The molecule has 0 fully saturated rings. The second kappa shape index (κ2) is 7.18. The highest BCUT2D eigenvalue weighted by Gasteiger charge is 2.36. The average Bonchev–Trinajstić information content (AvgIpc) is 2.15. The first-order chi connectivity index (χ1) is 7.73. The zero-order valence-corrected chi connectivity index (χ0v) is 13.1. The molecule has 0 aliphatic carbocycles. The van der Waals surface area contributed by atoms with Gasteiger partial charge in [-0.3, -0.25) is 4.79 Å². The standard InChI is InChI=1S/C16H32O/c1-9-14(10(2)3)16(12(6)7)15(11(4)5)13(8)17/h10-12,14-16H,9H2,1-8H3. The lowest BCUT2D eigenvalue weighted by Gasteiger charge is -2.39. The molecule has 0 aliphatic rings. The minimum absolute atomic E-state index is 0.224. The van der Waals surface area contributed by atoms with E-state index in [1.807, 2.05) is 0 Å². The van der Waals surface area contributed by atoms with Gasteiger partial charge in [0, 0.05) is 5.92 Å². The van der Waals surface area contributed by atoms with Gasteiger partial charge < -0.3 is 0 Å². The van der Waals surface area contributed by atoms with E-state index < -0.39 is 0 Å². The first-order valence-corrected chi connectivity index (χ1v) is 7.24. The molecule has 0 aromatic carbocycles. The minimum Gasteiger partial charge on any atom is -0.300 e. The molecule has 1 heteroatoms. The molecule has 0 radical (unpaired) electrons. The molecule has 0 heterocycles. The van der Waals surface area contributed by atoms with Crippen molar-refractivity contribution in [3.63, 3.8) is 0 Å². The third kappa shape index (κ3) is 4.44. The highest BCUT2D eigenvalue weighted by molar-refractivity contribution is 5.78. The molecule has 0 spiro atoms. The third-order valence-corrected chi connectivity index (χ3v) is 4.19. The van der Waals surface area contributed by atoms with Crippen molar-refractivity contribution in [2.75, 3.05) is 0 Å². The van der Waals surface area contributed by atoms with Crippen LogP contribution in [0.2, 0.25) is 0 Å². The number of carbonyl (C=O) groups excluding carboxylic acids is 1. The molecule has 0 rings (SSSR count). The van der Waals surface area contributed by atoms with E-state index in [9.17, 15) is 4.79 Å². The van der Waals surface area contributed by atoms with Gasteiger partial charge in [0.25, 0.3) is 0 Å². The van der Waals surface area contributed by atoms with E-state index in [2.05, 4.69) is 48.5 Å². The fourth-order valence-electron chi connectivity index (χ4n) is 3.55. The zero-order chi connectivity index (χ0) is 13.7. The van der Waals surface area contributed by atoms with Gasteiger partial charge in [-0.05, 0) is 36.5 Å². The monoisotopic (exact) mass is 240 g/mol. The van der Waals surface area contributed by atoms with Crippen LogP contribution in [0, 0.1) is 35.5 Å². The van der Waals surface area contributed by atoms with Gasteiger partial charge in [0.05, 0.1) is 0 Å². The van der Waals surface area contributed by atoms with Crippen LogP contribution < -0.4 is 0 Å². The van der Waals surface area contributed by atoms with Crippen LogP contribution in [-0.2, 0) is 4.79 Å². The van der Waals surface area contributed by atoms with Crippen LogP contribution in [0.1, 0.15) is 61.8 Å². The third-order valence-electron chi connectivity index (χ3n) is 4.19. The molecule has 0 amide bonds. The van der Waals surface area contributed by atoms with Crippen LogP contribution in [0.25, 0.3) is 0 Å². The number of Topliss-reactive ketones (excluding diaryl/α,β-unsaturated/α-hetero) is 1. The van der Waals surface area contributed by atoms with E-state index >= 15 is 0 Å². The summed E-state index contributed by atoms with van der Waals surface area (Å²) in [6.07, 6.45) is 1.18. The maximum absolute atomic E-state index is 12.0. The van der Waals surface area contributed by atoms with Crippen LogP contribution in [-0.4, -0.2) is 5.78 Å². The van der Waals surface area contributed by atoms with Crippen molar-refractivity contribution in [2.45, 2.75) is 61.8 Å². The van der Waals surface area contributed by atoms with Gasteiger partial charge in [-0.1, -0.05) is 54.9 Å². The lowest BCUT2D eigenvalue weighted by atomic mass is 9.65. The summed E-state index contributed by atoms with van der Waals surface area (Å²) in [6, 6.07) is 0. The van der Waals surface area contributed by atoms with Gasteiger partial charge in [-0.25, -0.2) is 0 Å². The first-order valence-electron chi connectivity index (χ1n) is 7.24. The van der Waals surface area contributed by atoms with E-state index in [1.54, 1.807) is 6.92 Å². The smallest absolute Gasteiger partial charge is 0.133 e. The second-order valence-electron chi connectivity index (χ2n) is 6.52. The Labute approximate surface area is 108 Å². The van der Waals surface area contributed by atoms with Gasteiger partial charge >= 0.3 is 0 Å². The predicted molar refractivity (Wildman–Crippen MR) is 76.0 cm³/mol. The summed E-state index contributed by atoms with van der Waals surface area (Å²) in [4.78, 5) is 12.0. The molecule has 3 atom stereocenters. The number of hydrogen-bond acceptors (Lipinski definition) is 1. The molecule has 0 aliphatic heterocycles. The highest BCUT2D eigenvalue weighted by atomic mass is 16.1. The van der Waals surface area contributed by atoms with Gasteiger partial charge in [-0.2, -0.15) is 0 Å².